The summed E-state index contributed by atoms with van der Waals surface area (Å²) in [7, 11) is 0. The first-order chi connectivity index (χ1) is 18.8. The molecule has 0 saturated heterocycles. The van der Waals surface area contributed by atoms with Crippen molar-refractivity contribution in [2.24, 2.45) is 0 Å². The fourth-order valence-electron chi connectivity index (χ4n) is 3.48. The molecule has 5 nitrogen and oxygen atoms in total. The highest BCUT2D eigenvalue weighted by Gasteiger charge is 2.16. The topological polar surface area (TPSA) is 75.3 Å². The average molecular weight is 596 g/mol. The molecule has 0 heterocycles. The summed E-state index contributed by atoms with van der Waals surface area (Å²) < 4.78 is 0. The summed E-state index contributed by atoms with van der Waals surface area (Å²) in [5, 5.41) is 6.78. The van der Waals surface area contributed by atoms with Crippen molar-refractivity contribution in [3.63, 3.8) is 0 Å². The van der Waals surface area contributed by atoms with Crippen LogP contribution >= 0.6 is 46.6 Å². The van der Waals surface area contributed by atoms with Gasteiger partial charge in [-0.25, -0.2) is 0 Å². The maximum Gasteiger partial charge on any atom is 0.272 e. The van der Waals surface area contributed by atoms with E-state index in [-0.39, 0.29) is 17.2 Å². The van der Waals surface area contributed by atoms with Crippen molar-refractivity contribution in [1.82, 2.24) is 5.32 Å². The summed E-state index contributed by atoms with van der Waals surface area (Å²) in [5.74, 6) is -0.863. The minimum Gasteiger partial charge on any atom is -0.321 e. The fourth-order valence-corrected chi connectivity index (χ4v) is 4.98. The summed E-state index contributed by atoms with van der Waals surface area (Å²) >= 11 is 19.5. The molecule has 0 bridgehead atoms. The maximum atomic E-state index is 13.2. The van der Waals surface area contributed by atoms with Gasteiger partial charge in [-0.05, 0) is 78.4 Å². The Kier molecular flexibility index (Phi) is 9.85. The predicted octanol–water partition coefficient (Wildman–Crippen LogP) is 8.03. The zero-order valence-electron chi connectivity index (χ0n) is 20.3. The van der Waals surface area contributed by atoms with Gasteiger partial charge in [0.25, 0.3) is 11.8 Å². The Balaban J connectivity index is 1.44. The van der Waals surface area contributed by atoms with Crippen LogP contribution in [0, 0.1) is 0 Å². The zero-order valence-corrected chi connectivity index (χ0v) is 23.4. The molecule has 0 saturated carbocycles. The maximum absolute atomic E-state index is 13.2. The van der Waals surface area contributed by atoms with E-state index in [1.807, 2.05) is 0 Å². The number of amides is 2. The highest BCUT2D eigenvalue weighted by atomic mass is 35.5. The molecule has 0 aliphatic heterocycles. The lowest BCUT2D eigenvalue weighted by atomic mass is 10.1. The van der Waals surface area contributed by atoms with Gasteiger partial charge < -0.3 is 10.6 Å². The summed E-state index contributed by atoms with van der Waals surface area (Å²) in [4.78, 5) is 39.3. The van der Waals surface area contributed by atoms with Gasteiger partial charge in [-0.2, -0.15) is 0 Å². The van der Waals surface area contributed by atoms with Crippen LogP contribution in [0.1, 0.15) is 26.3 Å². The first-order valence-corrected chi connectivity index (χ1v) is 13.8. The number of carbonyl (C=O) groups excluding carboxylic acids is 3. The van der Waals surface area contributed by atoms with Gasteiger partial charge in [0, 0.05) is 31.8 Å². The Morgan fingerprint density at radius 2 is 1.49 bits per heavy atom. The number of hydrogen-bond acceptors (Lipinski definition) is 4. The molecule has 0 fully saturated rings. The average Bonchev–Trinajstić information content (AvgIpc) is 2.92. The van der Waals surface area contributed by atoms with Gasteiger partial charge in [0.1, 0.15) is 5.70 Å². The summed E-state index contributed by atoms with van der Waals surface area (Å²) in [6.45, 7) is 0. The van der Waals surface area contributed by atoms with Gasteiger partial charge in [-0.3, -0.25) is 14.4 Å². The van der Waals surface area contributed by atoms with E-state index < -0.39 is 11.8 Å². The second-order valence-corrected chi connectivity index (χ2v) is 10.6. The van der Waals surface area contributed by atoms with E-state index in [1.165, 1.54) is 17.8 Å². The van der Waals surface area contributed by atoms with E-state index in [4.69, 9.17) is 34.8 Å². The van der Waals surface area contributed by atoms with Crippen molar-refractivity contribution in [1.29, 1.82) is 0 Å². The number of halogens is 3. The number of carbonyl (C=O) groups is 3. The molecule has 0 aliphatic rings. The van der Waals surface area contributed by atoms with Gasteiger partial charge in [0.15, 0.2) is 5.78 Å². The largest absolute Gasteiger partial charge is 0.321 e. The Labute approximate surface area is 245 Å². The van der Waals surface area contributed by atoms with Crippen LogP contribution < -0.4 is 10.6 Å². The smallest absolute Gasteiger partial charge is 0.272 e. The van der Waals surface area contributed by atoms with Crippen molar-refractivity contribution in [3.8, 4) is 0 Å². The van der Waals surface area contributed by atoms with E-state index >= 15 is 0 Å². The third kappa shape index (κ3) is 8.22. The Hall–Kier alpha value is -3.55. The van der Waals surface area contributed by atoms with Crippen molar-refractivity contribution in [2.75, 3.05) is 11.1 Å². The van der Waals surface area contributed by atoms with Crippen LogP contribution in [0.15, 0.2) is 108 Å². The molecule has 4 aromatic rings. The van der Waals surface area contributed by atoms with Crippen LogP contribution in [-0.4, -0.2) is 23.4 Å². The highest BCUT2D eigenvalue weighted by Crippen LogP contribution is 2.26. The molecule has 196 valence electrons. The Morgan fingerprint density at radius 3 is 2.18 bits per heavy atom. The number of nitrogens with one attached hydrogen (secondary N) is 2. The van der Waals surface area contributed by atoms with Gasteiger partial charge in [-0.1, -0.05) is 65.1 Å². The third-order valence-electron chi connectivity index (χ3n) is 5.40. The SMILES string of the molecule is O=C(Nc1ccc(SCC(=O)c2ccc(Cl)cc2Cl)cc1)/C(=C/c1cccc(Cl)c1)NC(=O)c1ccccc1. The molecular weight excluding hydrogens is 575 g/mol. The number of Topliss-reactive ketones (excluding diaryl/α,β-unsaturated/α-hetero) is 1. The first kappa shape index (κ1) is 28.5. The van der Waals surface area contributed by atoms with Crippen LogP contribution in [0.3, 0.4) is 0 Å². The van der Waals surface area contributed by atoms with Gasteiger partial charge in [-0.15, -0.1) is 11.8 Å². The van der Waals surface area contributed by atoms with E-state index in [0.717, 1.165) is 4.90 Å². The van der Waals surface area contributed by atoms with Crippen LogP contribution in [0.25, 0.3) is 6.08 Å². The molecule has 0 aromatic heterocycles. The summed E-state index contributed by atoms with van der Waals surface area (Å²) in [6.07, 6.45) is 1.56. The van der Waals surface area contributed by atoms with Gasteiger partial charge >= 0.3 is 0 Å². The molecule has 2 N–H and O–H groups in total. The molecule has 4 aromatic carbocycles. The molecule has 0 unspecified atom stereocenters. The highest BCUT2D eigenvalue weighted by molar-refractivity contribution is 8.00. The first-order valence-electron chi connectivity index (χ1n) is 11.6. The lowest BCUT2D eigenvalue weighted by molar-refractivity contribution is -0.113. The molecular formula is C30H21Cl3N2O3S. The molecule has 0 atom stereocenters. The number of thioether (sulfide) groups is 1. The quantitative estimate of drug-likeness (QED) is 0.117. The minimum absolute atomic E-state index is 0.0509. The van der Waals surface area contributed by atoms with Crippen molar-refractivity contribution < 1.29 is 14.4 Å². The van der Waals surface area contributed by atoms with Crippen LogP contribution in [-0.2, 0) is 4.79 Å². The molecule has 4 rings (SSSR count). The van der Waals surface area contributed by atoms with E-state index in [1.54, 1.807) is 97.1 Å². The van der Waals surface area contributed by atoms with Crippen molar-refractivity contribution in [2.45, 2.75) is 4.90 Å². The number of rotatable bonds is 9. The summed E-state index contributed by atoms with van der Waals surface area (Å²) in [6, 6.07) is 27.3. The lowest BCUT2D eigenvalue weighted by Gasteiger charge is -2.12. The van der Waals surface area contributed by atoms with E-state index in [2.05, 4.69) is 10.6 Å². The van der Waals surface area contributed by atoms with E-state index in [0.29, 0.717) is 37.4 Å². The van der Waals surface area contributed by atoms with Gasteiger partial charge in [0.05, 0.1) is 10.8 Å². The third-order valence-corrected chi connectivity index (χ3v) is 7.20. The Morgan fingerprint density at radius 1 is 0.769 bits per heavy atom. The number of hydrogen-bond donors (Lipinski definition) is 2. The normalized spacial score (nSPS) is 11.1. The molecule has 2 amide bonds. The lowest BCUT2D eigenvalue weighted by Crippen LogP contribution is -2.30. The second-order valence-electron chi connectivity index (χ2n) is 8.25. The summed E-state index contributed by atoms with van der Waals surface area (Å²) in [5.41, 5.74) is 2.04. The van der Waals surface area contributed by atoms with Crippen molar-refractivity contribution in [3.05, 3.63) is 135 Å². The Bertz CT molecular complexity index is 1540. The van der Waals surface area contributed by atoms with Crippen LogP contribution in [0.5, 0.6) is 0 Å². The number of benzene rings is 4. The van der Waals surface area contributed by atoms with Crippen LogP contribution in [0.2, 0.25) is 15.1 Å². The monoisotopic (exact) mass is 594 g/mol. The fraction of sp³-hybridized carbons (Fsp3) is 0.0333. The van der Waals surface area contributed by atoms with Crippen molar-refractivity contribution >= 4 is 75.9 Å². The predicted molar refractivity (Wildman–Crippen MR) is 160 cm³/mol. The molecule has 0 radical (unpaired) electrons. The molecule has 39 heavy (non-hydrogen) atoms. The van der Waals surface area contributed by atoms with E-state index in [9.17, 15) is 14.4 Å². The number of anilines is 1. The van der Waals surface area contributed by atoms with Gasteiger partial charge in [0.2, 0.25) is 0 Å². The molecule has 0 aliphatic carbocycles. The standard InChI is InChI=1S/C30H21Cl3N2O3S/c31-21-8-4-5-19(15-21)16-27(35-29(37)20-6-2-1-3-7-20)30(38)34-23-10-12-24(13-11-23)39-18-28(36)25-14-9-22(32)17-26(25)33/h1-17H,18H2,(H,34,38)(H,35,37)/b27-16-. The molecule has 0 spiro atoms. The minimum atomic E-state index is -0.507. The van der Waals surface area contributed by atoms with Crippen LogP contribution in [0.4, 0.5) is 5.69 Å². The second kappa shape index (κ2) is 13.5. The number of ketones is 1. The zero-order chi connectivity index (χ0) is 27.8. The molecule has 9 heteroatoms.